The fourth-order valence-electron chi connectivity index (χ4n) is 1.76. The minimum atomic E-state index is -3.86. The zero-order valence-corrected chi connectivity index (χ0v) is 12.5. The minimum Gasteiger partial charge on any atom is -0.370 e. The fraction of sp³-hybridized carbons (Fsp3) is 0.214. The first-order valence-corrected chi connectivity index (χ1v) is 7.89. The highest BCUT2D eigenvalue weighted by atomic mass is 32.2. The van der Waals surface area contributed by atoms with Crippen LogP contribution in [-0.4, -0.2) is 19.9 Å². The lowest BCUT2D eigenvalue weighted by Gasteiger charge is -2.10. The van der Waals surface area contributed by atoms with Gasteiger partial charge in [0, 0.05) is 18.8 Å². The molecule has 0 radical (unpaired) electrons. The van der Waals surface area contributed by atoms with Crippen LogP contribution in [0.25, 0.3) is 0 Å². The van der Waals surface area contributed by atoms with E-state index >= 15 is 0 Å². The van der Waals surface area contributed by atoms with Gasteiger partial charge in [0.2, 0.25) is 0 Å². The molecule has 0 bridgehead atoms. The number of rotatable bonds is 5. The van der Waals surface area contributed by atoms with Crippen LogP contribution in [-0.2, 0) is 10.0 Å². The number of anilines is 2. The van der Waals surface area contributed by atoms with Crippen LogP contribution in [0, 0.1) is 12.7 Å². The zero-order chi connectivity index (χ0) is 15.5. The van der Waals surface area contributed by atoms with Crippen molar-refractivity contribution >= 4 is 21.5 Å². The van der Waals surface area contributed by atoms with Gasteiger partial charge in [0.1, 0.15) is 11.6 Å². The number of benzene rings is 1. The van der Waals surface area contributed by atoms with Crippen molar-refractivity contribution in [2.45, 2.75) is 18.7 Å². The van der Waals surface area contributed by atoms with Gasteiger partial charge in [-0.2, -0.15) is 0 Å². The summed E-state index contributed by atoms with van der Waals surface area (Å²) < 4.78 is 40.5. The van der Waals surface area contributed by atoms with Crippen LogP contribution >= 0.6 is 0 Å². The first-order chi connectivity index (χ1) is 9.92. The normalized spacial score (nSPS) is 11.2. The largest absolute Gasteiger partial charge is 0.370 e. The van der Waals surface area contributed by atoms with Gasteiger partial charge in [-0.1, -0.05) is 6.07 Å². The monoisotopic (exact) mass is 309 g/mol. The number of aryl methyl sites for hydroxylation is 1. The maximum atomic E-state index is 13.7. The van der Waals surface area contributed by atoms with Gasteiger partial charge in [-0.15, -0.1) is 0 Å². The molecular weight excluding hydrogens is 293 g/mol. The van der Waals surface area contributed by atoms with Crippen molar-refractivity contribution in [1.82, 2.24) is 4.98 Å². The molecule has 1 aromatic carbocycles. The Morgan fingerprint density at radius 2 is 2.00 bits per heavy atom. The van der Waals surface area contributed by atoms with Gasteiger partial charge in [-0.25, -0.2) is 17.8 Å². The number of nitrogens with zero attached hydrogens (tertiary/aromatic N) is 1. The van der Waals surface area contributed by atoms with Crippen molar-refractivity contribution in [2.24, 2.45) is 0 Å². The van der Waals surface area contributed by atoms with Gasteiger partial charge < -0.3 is 5.32 Å². The van der Waals surface area contributed by atoms with Crippen molar-refractivity contribution in [2.75, 3.05) is 16.6 Å². The van der Waals surface area contributed by atoms with Crippen molar-refractivity contribution < 1.29 is 12.8 Å². The summed E-state index contributed by atoms with van der Waals surface area (Å²) in [7, 11) is -3.86. The van der Waals surface area contributed by atoms with Crippen molar-refractivity contribution in [3.8, 4) is 0 Å². The summed E-state index contributed by atoms with van der Waals surface area (Å²) in [5.74, 6) is -0.163. The maximum absolute atomic E-state index is 13.7. The minimum absolute atomic E-state index is 0.0217. The van der Waals surface area contributed by atoms with Crippen LogP contribution in [0.5, 0.6) is 0 Å². The van der Waals surface area contributed by atoms with Crippen LogP contribution in [0.1, 0.15) is 12.5 Å². The Labute approximate surface area is 123 Å². The van der Waals surface area contributed by atoms with E-state index < -0.39 is 15.8 Å². The maximum Gasteiger partial charge on any atom is 0.262 e. The second kappa shape index (κ2) is 6.09. The molecule has 0 fully saturated rings. The van der Waals surface area contributed by atoms with E-state index in [2.05, 4.69) is 15.0 Å². The molecule has 1 aromatic heterocycles. The van der Waals surface area contributed by atoms with E-state index in [1.807, 2.05) is 6.92 Å². The number of halogens is 1. The Morgan fingerprint density at radius 1 is 1.24 bits per heavy atom. The summed E-state index contributed by atoms with van der Waals surface area (Å²) in [5.41, 5.74) is 0.635. The molecule has 7 heteroatoms. The molecule has 0 atom stereocenters. The number of aromatic nitrogens is 1. The third-order valence-corrected chi connectivity index (χ3v) is 4.13. The Morgan fingerprint density at radius 3 is 2.67 bits per heavy atom. The van der Waals surface area contributed by atoms with E-state index in [0.717, 1.165) is 0 Å². The highest BCUT2D eigenvalue weighted by molar-refractivity contribution is 7.92. The molecule has 21 heavy (non-hydrogen) atoms. The lowest BCUT2D eigenvalue weighted by Crippen LogP contribution is -2.14. The van der Waals surface area contributed by atoms with Crippen molar-refractivity contribution in [3.05, 3.63) is 47.9 Å². The summed E-state index contributed by atoms with van der Waals surface area (Å²) in [6, 6.07) is 7.06. The van der Waals surface area contributed by atoms with E-state index in [-0.39, 0.29) is 10.6 Å². The zero-order valence-electron chi connectivity index (χ0n) is 11.7. The topological polar surface area (TPSA) is 71.1 Å². The molecule has 112 valence electrons. The molecule has 2 N–H and O–H groups in total. The molecule has 1 heterocycles. The van der Waals surface area contributed by atoms with E-state index in [4.69, 9.17) is 0 Å². The molecular formula is C14H16FN3O2S. The van der Waals surface area contributed by atoms with Crippen LogP contribution in [0.2, 0.25) is 0 Å². The molecule has 0 aliphatic heterocycles. The average Bonchev–Trinajstić information content (AvgIpc) is 2.43. The van der Waals surface area contributed by atoms with Gasteiger partial charge in [-0.3, -0.25) is 4.72 Å². The van der Waals surface area contributed by atoms with Gasteiger partial charge in [-0.05, 0) is 37.6 Å². The second-order valence-corrected chi connectivity index (χ2v) is 6.18. The average molecular weight is 309 g/mol. The molecule has 5 nitrogen and oxygen atoms in total. The van der Waals surface area contributed by atoms with E-state index in [0.29, 0.717) is 17.9 Å². The Hall–Kier alpha value is -2.15. The quantitative estimate of drug-likeness (QED) is 0.891. The predicted molar refractivity (Wildman–Crippen MR) is 80.3 cm³/mol. The molecule has 0 unspecified atom stereocenters. The third-order valence-electron chi connectivity index (χ3n) is 2.77. The van der Waals surface area contributed by atoms with Crippen molar-refractivity contribution in [3.63, 3.8) is 0 Å². The number of hydrogen-bond donors (Lipinski definition) is 2. The van der Waals surface area contributed by atoms with Crippen LogP contribution < -0.4 is 10.0 Å². The van der Waals surface area contributed by atoms with Crippen LogP contribution in [0.15, 0.2) is 41.4 Å². The van der Waals surface area contributed by atoms with E-state index in [1.54, 1.807) is 13.0 Å². The molecule has 0 saturated carbocycles. The van der Waals surface area contributed by atoms with Crippen LogP contribution in [0.3, 0.4) is 0 Å². The molecule has 2 aromatic rings. The lowest BCUT2D eigenvalue weighted by atomic mass is 10.2. The highest BCUT2D eigenvalue weighted by Gasteiger charge is 2.17. The fourth-order valence-corrected chi connectivity index (χ4v) is 2.84. The van der Waals surface area contributed by atoms with E-state index in [9.17, 15) is 12.8 Å². The van der Waals surface area contributed by atoms with Gasteiger partial charge in [0.05, 0.1) is 10.6 Å². The predicted octanol–water partition coefficient (Wildman–Crippen LogP) is 2.76. The Kier molecular flexibility index (Phi) is 4.42. The summed E-state index contributed by atoms with van der Waals surface area (Å²) in [6.45, 7) is 4.23. The summed E-state index contributed by atoms with van der Waals surface area (Å²) in [4.78, 5) is 4.02. The number of pyridine rings is 1. The van der Waals surface area contributed by atoms with Gasteiger partial charge in [0.25, 0.3) is 10.0 Å². The first kappa shape index (κ1) is 15.2. The smallest absolute Gasteiger partial charge is 0.262 e. The number of nitrogens with one attached hydrogen (secondary N) is 2. The van der Waals surface area contributed by atoms with Gasteiger partial charge >= 0.3 is 0 Å². The summed E-state index contributed by atoms with van der Waals surface area (Å²) >= 11 is 0. The SMILES string of the molecule is CCNc1cc(S(=O)(=O)Nc2ccc(C)cc2F)ccn1. The first-order valence-electron chi connectivity index (χ1n) is 6.41. The molecule has 0 aliphatic carbocycles. The van der Waals surface area contributed by atoms with Gasteiger partial charge in [0.15, 0.2) is 0 Å². The Bertz CT molecular complexity index is 748. The molecule has 0 saturated heterocycles. The number of hydrogen-bond acceptors (Lipinski definition) is 4. The second-order valence-electron chi connectivity index (χ2n) is 4.50. The summed E-state index contributed by atoms with van der Waals surface area (Å²) in [5, 5.41) is 2.93. The van der Waals surface area contributed by atoms with Crippen LogP contribution in [0.4, 0.5) is 15.9 Å². The number of sulfonamides is 1. The lowest BCUT2D eigenvalue weighted by molar-refractivity contribution is 0.598. The highest BCUT2D eigenvalue weighted by Crippen LogP contribution is 2.21. The third kappa shape index (κ3) is 3.69. The molecule has 0 aliphatic rings. The standard InChI is InChI=1S/C14H16FN3O2S/c1-3-16-14-9-11(6-7-17-14)21(19,20)18-13-5-4-10(2)8-12(13)15/h4-9,18H,3H2,1-2H3,(H,16,17). The van der Waals surface area contributed by atoms with E-state index in [1.165, 1.54) is 30.5 Å². The summed E-state index contributed by atoms with van der Waals surface area (Å²) in [6.07, 6.45) is 1.39. The molecule has 2 rings (SSSR count). The molecule has 0 spiro atoms. The van der Waals surface area contributed by atoms with Crippen molar-refractivity contribution in [1.29, 1.82) is 0 Å². The Balaban J connectivity index is 2.31. The molecule has 0 amide bonds.